The molecule has 0 amide bonds. The molecule has 0 aromatic carbocycles. The predicted octanol–water partition coefficient (Wildman–Crippen LogP) is 3.92. The summed E-state index contributed by atoms with van der Waals surface area (Å²) in [5.74, 6) is 0.728. The molecule has 0 atom stereocenters. The summed E-state index contributed by atoms with van der Waals surface area (Å²) in [5.41, 5.74) is 2.34. The van der Waals surface area contributed by atoms with Crippen molar-refractivity contribution < 1.29 is 4.42 Å². The number of nitrogens with zero attached hydrogens (tertiary/aromatic N) is 2. The third-order valence-corrected chi connectivity index (χ3v) is 3.54. The highest BCUT2D eigenvalue weighted by molar-refractivity contribution is 6.34. The van der Waals surface area contributed by atoms with Crippen molar-refractivity contribution >= 4 is 11.6 Å². The number of nitriles is 1. The molecule has 0 bridgehead atoms. The maximum atomic E-state index is 9.16. The number of hydrogen-bond donors (Lipinski definition) is 0. The number of rotatable bonds is 2. The molecule has 3 nitrogen and oxygen atoms in total. The van der Waals surface area contributed by atoms with Crippen LogP contribution in [0.2, 0.25) is 5.02 Å². The van der Waals surface area contributed by atoms with Crippen LogP contribution in [0.25, 0.3) is 11.5 Å². The summed E-state index contributed by atoms with van der Waals surface area (Å²) in [6, 6.07) is 6.35. The van der Waals surface area contributed by atoms with Crippen molar-refractivity contribution in [1.82, 2.24) is 4.57 Å². The van der Waals surface area contributed by atoms with Crippen LogP contribution in [-0.2, 0) is 0 Å². The molecule has 1 saturated carbocycles. The van der Waals surface area contributed by atoms with E-state index in [1.165, 1.54) is 0 Å². The van der Waals surface area contributed by atoms with Gasteiger partial charge in [-0.25, -0.2) is 0 Å². The summed E-state index contributed by atoms with van der Waals surface area (Å²) < 4.78 is 7.56. The van der Waals surface area contributed by atoms with Gasteiger partial charge in [-0.15, -0.1) is 0 Å². The van der Waals surface area contributed by atoms with Crippen molar-refractivity contribution in [3.63, 3.8) is 0 Å². The van der Waals surface area contributed by atoms with Gasteiger partial charge in [0.1, 0.15) is 11.8 Å². The Morgan fingerprint density at radius 2 is 2.29 bits per heavy atom. The van der Waals surface area contributed by atoms with Gasteiger partial charge in [0, 0.05) is 11.7 Å². The summed E-state index contributed by atoms with van der Waals surface area (Å²) >= 11 is 6.29. The quantitative estimate of drug-likeness (QED) is 0.806. The SMILES string of the molecule is Cc1c(C#N)c(Cl)c(-c2ccco2)n1C1CC1. The molecule has 0 radical (unpaired) electrons. The Bertz CT molecular complexity index is 600. The van der Waals surface area contributed by atoms with Gasteiger partial charge in [-0.3, -0.25) is 0 Å². The Balaban J connectivity index is 2.29. The first-order valence-corrected chi connectivity index (χ1v) is 5.96. The summed E-state index contributed by atoms with van der Waals surface area (Å²) in [6.07, 6.45) is 3.91. The van der Waals surface area contributed by atoms with Gasteiger partial charge in [0.15, 0.2) is 5.76 Å². The van der Waals surface area contributed by atoms with Gasteiger partial charge in [-0.2, -0.15) is 5.26 Å². The van der Waals surface area contributed by atoms with Crippen LogP contribution < -0.4 is 0 Å². The molecule has 0 N–H and O–H groups in total. The zero-order chi connectivity index (χ0) is 12.0. The topological polar surface area (TPSA) is 41.9 Å². The maximum absolute atomic E-state index is 9.16. The Kier molecular flexibility index (Phi) is 2.27. The fourth-order valence-corrected chi connectivity index (χ4v) is 2.59. The molecule has 86 valence electrons. The first-order chi connectivity index (χ1) is 8.24. The highest BCUT2D eigenvalue weighted by Crippen LogP contribution is 2.45. The van der Waals surface area contributed by atoms with Crippen LogP contribution in [0.15, 0.2) is 22.8 Å². The molecule has 3 rings (SSSR count). The van der Waals surface area contributed by atoms with E-state index in [1.54, 1.807) is 6.26 Å². The molecular formula is C13H11ClN2O. The highest BCUT2D eigenvalue weighted by atomic mass is 35.5. The maximum Gasteiger partial charge on any atom is 0.151 e. The minimum Gasteiger partial charge on any atom is -0.463 e. The Hall–Kier alpha value is -1.66. The van der Waals surface area contributed by atoms with E-state index in [0.29, 0.717) is 16.6 Å². The second-order valence-electron chi connectivity index (χ2n) is 4.31. The van der Waals surface area contributed by atoms with E-state index < -0.39 is 0 Å². The van der Waals surface area contributed by atoms with E-state index in [4.69, 9.17) is 21.3 Å². The van der Waals surface area contributed by atoms with Crippen LogP contribution in [-0.4, -0.2) is 4.57 Å². The van der Waals surface area contributed by atoms with Gasteiger partial charge in [0.05, 0.1) is 16.8 Å². The van der Waals surface area contributed by atoms with Crippen molar-refractivity contribution in [1.29, 1.82) is 5.26 Å². The molecular weight excluding hydrogens is 236 g/mol. The van der Waals surface area contributed by atoms with Crippen LogP contribution in [0.3, 0.4) is 0 Å². The van der Waals surface area contributed by atoms with Gasteiger partial charge >= 0.3 is 0 Å². The van der Waals surface area contributed by atoms with Crippen molar-refractivity contribution in [2.75, 3.05) is 0 Å². The molecule has 17 heavy (non-hydrogen) atoms. The smallest absolute Gasteiger partial charge is 0.151 e. The predicted molar refractivity (Wildman–Crippen MR) is 64.9 cm³/mol. The summed E-state index contributed by atoms with van der Waals surface area (Å²) in [4.78, 5) is 0. The van der Waals surface area contributed by atoms with Gasteiger partial charge in [0.2, 0.25) is 0 Å². The minimum atomic E-state index is 0.467. The molecule has 0 unspecified atom stereocenters. The lowest BCUT2D eigenvalue weighted by Gasteiger charge is -2.08. The van der Waals surface area contributed by atoms with E-state index in [0.717, 1.165) is 30.0 Å². The van der Waals surface area contributed by atoms with E-state index in [1.807, 2.05) is 19.1 Å². The summed E-state index contributed by atoms with van der Waals surface area (Å²) in [6.45, 7) is 1.94. The largest absolute Gasteiger partial charge is 0.463 e. The van der Waals surface area contributed by atoms with E-state index in [-0.39, 0.29) is 0 Å². The molecule has 2 aromatic heterocycles. The average Bonchev–Trinajstić information content (AvgIpc) is 2.93. The first-order valence-electron chi connectivity index (χ1n) is 5.58. The summed E-state index contributed by atoms with van der Waals surface area (Å²) in [5, 5.41) is 9.66. The second-order valence-corrected chi connectivity index (χ2v) is 4.69. The fraction of sp³-hybridized carbons (Fsp3) is 0.308. The van der Waals surface area contributed by atoms with Gasteiger partial charge in [-0.05, 0) is 31.9 Å². The lowest BCUT2D eigenvalue weighted by molar-refractivity contribution is 0.571. The molecule has 1 fully saturated rings. The third-order valence-electron chi connectivity index (χ3n) is 3.17. The van der Waals surface area contributed by atoms with Crippen LogP contribution in [0.4, 0.5) is 0 Å². The normalized spacial score (nSPS) is 14.9. The minimum absolute atomic E-state index is 0.467. The molecule has 2 aromatic rings. The standard InChI is InChI=1S/C13H11ClN2O/c1-8-10(7-15)12(14)13(11-3-2-6-17-11)16(8)9-4-5-9/h2-3,6,9H,4-5H2,1H3. The Labute approximate surface area is 104 Å². The van der Waals surface area contributed by atoms with Crippen molar-refractivity contribution in [3.05, 3.63) is 34.7 Å². The second kappa shape index (κ2) is 3.68. The summed E-state index contributed by atoms with van der Waals surface area (Å²) in [7, 11) is 0. The molecule has 1 aliphatic rings. The molecule has 1 aliphatic carbocycles. The first kappa shape index (κ1) is 10.5. The average molecular weight is 247 g/mol. The van der Waals surface area contributed by atoms with E-state index in [2.05, 4.69) is 10.6 Å². The molecule has 0 aliphatic heterocycles. The monoisotopic (exact) mass is 246 g/mol. The Morgan fingerprint density at radius 1 is 1.53 bits per heavy atom. The fourth-order valence-electron chi connectivity index (χ4n) is 2.23. The third kappa shape index (κ3) is 1.49. The highest BCUT2D eigenvalue weighted by Gasteiger charge is 2.32. The van der Waals surface area contributed by atoms with Gasteiger partial charge < -0.3 is 8.98 Å². The molecule has 4 heteroatoms. The van der Waals surface area contributed by atoms with Gasteiger partial charge in [0.25, 0.3) is 0 Å². The van der Waals surface area contributed by atoms with Crippen LogP contribution >= 0.6 is 11.6 Å². The van der Waals surface area contributed by atoms with Crippen molar-refractivity contribution in [3.8, 4) is 17.5 Å². The van der Waals surface area contributed by atoms with Crippen LogP contribution in [0.1, 0.15) is 30.1 Å². The van der Waals surface area contributed by atoms with Crippen LogP contribution in [0.5, 0.6) is 0 Å². The number of halogens is 1. The molecule has 2 heterocycles. The molecule has 0 saturated heterocycles. The zero-order valence-electron chi connectivity index (χ0n) is 9.40. The Morgan fingerprint density at radius 3 is 2.82 bits per heavy atom. The van der Waals surface area contributed by atoms with E-state index in [9.17, 15) is 0 Å². The molecule has 0 spiro atoms. The number of hydrogen-bond acceptors (Lipinski definition) is 2. The van der Waals surface area contributed by atoms with Crippen molar-refractivity contribution in [2.45, 2.75) is 25.8 Å². The number of furan rings is 1. The number of aromatic nitrogens is 1. The van der Waals surface area contributed by atoms with E-state index >= 15 is 0 Å². The zero-order valence-corrected chi connectivity index (χ0v) is 10.2. The lowest BCUT2D eigenvalue weighted by Crippen LogP contribution is -1.98. The van der Waals surface area contributed by atoms with Crippen molar-refractivity contribution in [2.24, 2.45) is 0 Å². The van der Waals surface area contributed by atoms with Gasteiger partial charge in [-0.1, -0.05) is 11.6 Å². The van der Waals surface area contributed by atoms with Crippen LogP contribution in [0, 0.1) is 18.3 Å². The lowest BCUT2D eigenvalue weighted by atomic mass is 10.2.